The zero-order chi connectivity index (χ0) is 11.5. The largest absolute Gasteiger partial charge is 0.486 e. The Balaban J connectivity index is 2.25. The lowest BCUT2D eigenvalue weighted by Gasteiger charge is -2.16. The van der Waals surface area contributed by atoms with Crippen LogP contribution < -0.4 is 9.47 Å². The minimum atomic E-state index is 0.148. The van der Waals surface area contributed by atoms with Gasteiger partial charge in [0.25, 0.3) is 0 Å². The Labute approximate surface area is 101 Å². The van der Waals surface area contributed by atoms with Gasteiger partial charge in [-0.25, -0.2) is 0 Å². The Bertz CT molecular complexity index is 364. The first-order valence-corrected chi connectivity index (χ1v) is 6.78. The van der Waals surface area contributed by atoms with Crippen LogP contribution in [0.4, 0.5) is 0 Å². The minimum absolute atomic E-state index is 0.148. The minimum Gasteiger partial charge on any atom is -0.486 e. The number of pyridine rings is 1. The van der Waals surface area contributed by atoms with Crippen LogP contribution in [0.2, 0.25) is 0 Å². The Morgan fingerprint density at radius 3 is 2.69 bits per heavy atom. The van der Waals surface area contributed by atoms with E-state index in [9.17, 15) is 0 Å². The van der Waals surface area contributed by atoms with E-state index in [0.717, 1.165) is 29.2 Å². The van der Waals surface area contributed by atoms with Gasteiger partial charge in [0.1, 0.15) is 0 Å². The van der Waals surface area contributed by atoms with Gasteiger partial charge in [0, 0.05) is 6.20 Å². The zero-order valence-corrected chi connectivity index (χ0v) is 10.7. The maximum absolute atomic E-state index is 5.81. The summed E-state index contributed by atoms with van der Waals surface area (Å²) < 4.78 is 11.6. The summed E-state index contributed by atoms with van der Waals surface area (Å²) >= 11 is 1.63. The molecule has 1 heterocycles. The van der Waals surface area contributed by atoms with Crippen molar-refractivity contribution in [3.05, 3.63) is 12.4 Å². The highest BCUT2D eigenvalue weighted by molar-refractivity contribution is 7.98. The average Bonchev–Trinajstić information content (AvgIpc) is 3.04. The van der Waals surface area contributed by atoms with Crippen LogP contribution in [-0.4, -0.2) is 23.4 Å². The predicted molar refractivity (Wildman–Crippen MR) is 65.4 cm³/mol. The number of hydrogen-bond acceptors (Lipinski definition) is 4. The molecule has 4 heteroatoms. The van der Waals surface area contributed by atoms with Crippen molar-refractivity contribution in [2.45, 2.75) is 43.8 Å². The fraction of sp³-hybridized carbons (Fsp3) is 0.583. The summed E-state index contributed by atoms with van der Waals surface area (Å²) in [5.74, 6) is 1.62. The number of ether oxygens (including phenoxy) is 2. The van der Waals surface area contributed by atoms with Crippen molar-refractivity contribution >= 4 is 11.8 Å². The molecule has 1 aliphatic rings. The smallest absolute Gasteiger partial charge is 0.181 e. The van der Waals surface area contributed by atoms with Gasteiger partial charge in [0.05, 0.1) is 23.3 Å². The van der Waals surface area contributed by atoms with Gasteiger partial charge in [-0.05, 0) is 32.9 Å². The van der Waals surface area contributed by atoms with Crippen LogP contribution >= 0.6 is 11.8 Å². The van der Waals surface area contributed by atoms with Gasteiger partial charge in [-0.15, -0.1) is 11.8 Å². The molecule has 3 nitrogen and oxygen atoms in total. The van der Waals surface area contributed by atoms with Gasteiger partial charge in [-0.3, -0.25) is 4.98 Å². The maximum Gasteiger partial charge on any atom is 0.181 e. The maximum atomic E-state index is 5.81. The molecule has 0 atom stereocenters. The third-order valence-corrected chi connectivity index (χ3v) is 2.95. The van der Waals surface area contributed by atoms with E-state index in [1.807, 2.05) is 26.3 Å². The van der Waals surface area contributed by atoms with E-state index in [2.05, 4.69) is 4.98 Å². The number of aromatic nitrogens is 1. The van der Waals surface area contributed by atoms with Crippen molar-refractivity contribution in [3.8, 4) is 11.5 Å². The van der Waals surface area contributed by atoms with Gasteiger partial charge in [0.2, 0.25) is 0 Å². The summed E-state index contributed by atoms with van der Waals surface area (Å²) in [7, 11) is 0. The number of rotatable bonds is 5. The second kappa shape index (κ2) is 4.95. The van der Waals surface area contributed by atoms with Crippen LogP contribution in [0.1, 0.15) is 26.7 Å². The SMILES string of the molecule is CSc1cncc(OC2CC2)c1OC(C)C. The van der Waals surface area contributed by atoms with Crippen molar-refractivity contribution in [1.82, 2.24) is 4.98 Å². The van der Waals surface area contributed by atoms with Crippen LogP contribution in [-0.2, 0) is 0 Å². The summed E-state index contributed by atoms with van der Waals surface area (Å²) in [6.45, 7) is 4.04. The molecule has 0 amide bonds. The summed E-state index contributed by atoms with van der Waals surface area (Å²) in [5, 5.41) is 0. The van der Waals surface area contributed by atoms with E-state index in [-0.39, 0.29) is 6.10 Å². The standard InChI is InChI=1S/C12H17NO2S/c1-8(2)14-12-10(15-9-4-5-9)6-13-7-11(12)16-3/h6-9H,4-5H2,1-3H3. The number of thioether (sulfide) groups is 1. The van der Waals surface area contributed by atoms with Gasteiger partial charge in [-0.1, -0.05) is 0 Å². The molecule has 1 aromatic heterocycles. The summed E-state index contributed by atoms with van der Waals surface area (Å²) in [6, 6.07) is 0. The third kappa shape index (κ3) is 2.82. The van der Waals surface area contributed by atoms with Gasteiger partial charge in [-0.2, -0.15) is 0 Å². The van der Waals surface area contributed by atoms with Crippen molar-refractivity contribution < 1.29 is 9.47 Å². The van der Waals surface area contributed by atoms with Crippen LogP contribution in [0.15, 0.2) is 17.3 Å². The molecule has 88 valence electrons. The van der Waals surface area contributed by atoms with Crippen molar-refractivity contribution in [1.29, 1.82) is 0 Å². The molecule has 1 aromatic rings. The lowest BCUT2D eigenvalue weighted by Crippen LogP contribution is -2.09. The molecule has 0 unspecified atom stereocenters. The summed E-state index contributed by atoms with van der Waals surface area (Å²) in [6.07, 6.45) is 8.39. The quantitative estimate of drug-likeness (QED) is 0.739. The highest BCUT2D eigenvalue weighted by Crippen LogP contribution is 2.39. The van der Waals surface area contributed by atoms with E-state index in [4.69, 9.17) is 9.47 Å². The van der Waals surface area contributed by atoms with E-state index in [1.54, 1.807) is 18.0 Å². The van der Waals surface area contributed by atoms with Crippen molar-refractivity contribution in [2.24, 2.45) is 0 Å². The Kier molecular flexibility index (Phi) is 3.59. The molecule has 0 N–H and O–H groups in total. The zero-order valence-electron chi connectivity index (χ0n) is 9.90. The lowest BCUT2D eigenvalue weighted by molar-refractivity contribution is 0.211. The molecule has 0 aromatic carbocycles. The third-order valence-electron chi connectivity index (χ3n) is 2.22. The van der Waals surface area contributed by atoms with Crippen LogP contribution in [0.25, 0.3) is 0 Å². The number of nitrogens with zero attached hydrogens (tertiary/aromatic N) is 1. The highest BCUT2D eigenvalue weighted by atomic mass is 32.2. The molecular weight excluding hydrogens is 222 g/mol. The van der Waals surface area contributed by atoms with Gasteiger partial charge >= 0.3 is 0 Å². The Morgan fingerprint density at radius 1 is 1.38 bits per heavy atom. The normalized spacial score (nSPS) is 15.2. The fourth-order valence-corrected chi connectivity index (χ4v) is 1.86. The molecule has 2 rings (SSSR count). The average molecular weight is 239 g/mol. The van der Waals surface area contributed by atoms with E-state index < -0.39 is 0 Å². The topological polar surface area (TPSA) is 31.4 Å². The molecule has 1 saturated carbocycles. The van der Waals surface area contributed by atoms with Crippen LogP contribution in [0, 0.1) is 0 Å². The predicted octanol–water partition coefficient (Wildman–Crippen LogP) is 3.13. The van der Waals surface area contributed by atoms with Crippen LogP contribution in [0.3, 0.4) is 0 Å². The van der Waals surface area contributed by atoms with Gasteiger partial charge < -0.3 is 9.47 Å². The molecule has 0 bridgehead atoms. The van der Waals surface area contributed by atoms with Crippen molar-refractivity contribution in [3.63, 3.8) is 0 Å². The highest BCUT2D eigenvalue weighted by Gasteiger charge is 2.26. The molecule has 0 spiro atoms. The summed E-state index contributed by atoms with van der Waals surface area (Å²) in [4.78, 5) is 5.21. The number of hydrogen-bond donors (Lipinski definition) is 0. The fourth-order valence-electron chi connectivity index (χ4n) is 1.36. The first kappa shape index (κ1) is 11.6. The van der Waals surface area contributed by atoms with E-state index in [0.29, 0.717) is 6.10 Å². The Morgan fingerprint density at radius 2 is 2.12 bits per heavy atom. The molecule has 0 radical (unpaired) electrons. The van der Waals surface area contributed by atoms with Crippen LogP contribution in [0.5, 0.6) is 11.5 Å². The van der Waals surface area contributed by atoms with Crippen molar-refractivity contribution in [2.75, 3.05) is 6.26 Å². The van der Waals surface area contributed by atoms with E-state index >= 15 is 0 Å². The molecule has 0 saturated heterocycles. The Hall–Kier alpha value is -0.900. The summed E-state index contributed by atoms with van der Waals surface area (Å²) in [5.41, 5.74) is 0. The molecule has 16 heavy (non-hydrogen) atoms. The molecule has 1 aliphatic carbocycles. The first-order valence-electron chi connectivity index (χ1n) is 5.56. The molecular formula is C12H17NO2S. The first-order chi connectivity index (χ1) is 7.70. The van der Waals surface area contributed by atoms with E-state index in [1.165, 1.54) is 0 Å². The molecule has 0 aliphatic heterocycles. The second-order valence-electron chi connectivity index (χ2n) is 4.15. The monoisotopic (exact) mass is 239 g/mol. The lowest BCUT2D eigenvalue weighted by atomic mass is 10.4. The molecule has 1 fully saturated rings. The van der Waals surface area contributed by atoms with Gasteiger partial charge in [0.15, 0.2) is 11.5 Å². The second-order valence-corrected chi connectivity index (χ2v) is 5.00.